The molecule has 0 bridgehead atoms. The molecule has 0 saturated heterocycles. The van der Waals surface area contributed by atoms with Crippen LogP contribution in [0.25, 0.3) is 0 Å². The third-order valence-corrected chi connectivity index (χ3v) is 4.09. The van der Waals surface area contributed by atoms with E-state index < -0.39 is 5.41 Å². The first-order valence-electron chi connectivity index (χ1n) is 7.17. The molecule has 4 heteroatoms. The Hall–Kier alpha value is -1.84. The van der Waals surface area contributed by atoms with Crippen molar-refractivity contribution in [3.63, 3.8) is 0 Å². The van der Waals surface area contributed by atoms with Crippen molar-refractivity contribution in [3.8, 4) is 0 Å². The Balaban J connectivity index is 2.23. The molecule has 0 radical (unpaired) electrons. The summed E-state index contributed by atoms with van der Waals surface area (Å²) in [5.41, 5.74) is 1.76. The minimum atomic E-state index is -0.528. The maximum Gasteiger partial charge on any atom is 0.251 e. The maximum atomic E-state index is 12.2. The molecule has 2 N–H and O–H groups in total. The molecule has 1 aromatic rings. The Morgan fingerprint density at radius 3 is 2.55 bits per heavy atom. The second-order valence-electron chi connectivity index (χ2n) is 5.83. The molecule has 108 valence electrons. The standard InChI is InChI=1S/C16H22N2O2/c1-5-11(6-2)17-14(19)10-7-8-12-13(9-10)18-15(20)16(12,3)4/h7-9,11H,5-6H2,1-4H3,(H,17,19)(H,18,20). The zero-order chi connectivity index (χ0) is 14.9. The molecule has 1 aliphatic rings. The van der Waals surface area contributed by atoms with E-state index in [0.29, 0.717) is 5.56 Å². The smallest absolute Gasteiger partial charge is 0.251 e. The van der Waals surface area contributed by atoms with Gasteiger partial charge in [-0.1, -0.05) is 19.9 Å². The van der Waals surface area contributed by atoms with E-state index in [1.54, 1.807) is 12.1 Å². The summed E-state index contributed by atoms with van der Waals surface area (Å²) in [6, 6.07) is 5.62. The van der Waals surface area contributed by atoms with Crippen molar-refractivity contribution < 1.29 is 9.59 Å². The molecule has 0 aliphatic carbocycles. The normalized spacial score (nSPS) is 15.9. The van der Waals surface area contributed by atoms with Gasteiger partial charge in [0.15, 0.2) is 0 Å². The molecule has 0 atom stereocenters. The Kier molecular flexibility index (Phi) is 3.84. The van der Waals surface area contributed by atoms with Crippen molar-refractivity contribution in [2.75, 3.05) is 5.32 Å². The molecule has 2 rings (SSSR count). The van der Waals surface area contributed by atoms with E-state index in [2.05, 4.69) is 24.5 Å². The van der Waals surface area contributed by atoms with Gasteiger partial charge in [0.05, 0.1) is 5.41 Å². The lowest BCUT2D eigenvalue weighted by Crippen LogP contribution is -2.33. The van der Waals surface area contributed by atoms with Crippen molar-refractivity contribution in [3.05, 3.63) is 29.3 Å². The van der Waals surface area contributed by atoms with Crippen LogP contribution in [0.15, 0.2) is 18.2 Å². The summed E-state index contributed by atoms with van der Waals surface area (Å²) in [6.07, 6.45) is 1.83. The van der Waals surface area contributed by atoms with Crippen molar-refractivity contribution in [1.29, 1.82) is 0 Å². The largest absolute Gasteiger partial charge is 0.349 e. The summed E-state index contributed by atoms with van der Waals surface area (Å²) < 4.78 is 0. The number of amides is 2. The fraction of sp³-hybridized carbons (Fsp3) is 0.500. The molecule has 1 aromatic carbocycles. The minimum Gasteiger partial charge on any atom is -0.349 e. The zero-order valence-electron chi connectivity index (χ0n) is 12.5. The summed E-state index contributed by atoms with van der Waals surface area (Å²) >= 11 is 0. The lowest BCUT2D eigenvalue weighted by Gasteiger charge is -2.16. The first-order chi connectivity index (χ1) is 9.40. The Bertz CT molecular complexity index is 545. The average Bonchev–Trinajstić information content (AvgIpc) is 2.65. The highest BCUT2D eigenvalue weighted by atomic mass is 16.2. The number of carbonyl (C=O) groups excluding carboxylic acids is 2. The fourth-order valence-electron chi connectivity index (χ4n) is 2.50. The summed E-state index contributed by atoms with van der Waals surface area (Å²) in [5.74, 6) is -0.106. The highest BCUT2D eigenvalue weighted by molar-refractivity contribution is 6.07. The van der Waals surface area contributed by atoms with Gasteiger partial charge >= 0.3 is 0 Å². The first kappa shape index (κ1) is 14.6. The Morgan fingerprint density at radius 1 is 1.30 bits per heavy atom. The molecule has 0 aromatic heterocycles. The second-order valence-corrected chi connectivity index (χ2v) is 5.83. The number of carbonyl (C=O) groups is 2. The monoisotopic (exact) mass is 274 g/mol. The summed E-state index contributed by atoms with van der Waals surface area (Å²) in [4.78, 5) is 24.1. The summed E-state index contributed by atoms with van der Waals surface area (Å²) in [7, 11) is 0. The average molecular weight is 274 g/mol. The van der Waals surface area contributed by atoms with Gasteiger partial charge in [-0.05, 0) is 44.4 Å². The van der Waals surface area contributed by atoms with Crippen LogP contribution in [0.3, 0.4) is 0 Å². The van der Waals surface area contributed by atoms with Crippen LogP contribution >= 0.6 is 0 Å². The first-order valence-corrected chi connectivity index (χ1v) is 7.17. The number of rotatable bonds is 4. The quantitative estimate of drug-likeness (QED) is 0.887. The van der Waals surface area contributed by atoms with Crippen molar-refractivity contribution in [1.82, 2.24) is 5.32 Å². The van der Waals surface area contributed by atoms with Gasteiger partial charge in [0.25, 0.3) is 5.91 Å². The number of fused-ring (bicyclic) bond motifs is 1. The number of anilines is 1. The van der Waals surface area contributed by atoms with Crippen molar-refractivity contribution in [2.24, 2.45) is 0 Å². The van der Waals surface area contributed by atoms with Gasteiger partial charge in [-0.3, -0.25) is 9.59 Å². The molecule has 0 saturated carbocycles. The van der Waals surface area contributed by atoms with Crippen LogP contribution < -0.4 is 10.6 Å². The SMILES string of the molecule is CCC(CC)NC(=O)c1ccc2c(c1)NC(=O)C2(C)C. The van der Waals surface area contributed by atoms with Crippen LogP contribution in [0.5, 0.6) is 0 Å². The molecule has 0 spiro atoms. The van der Waals surface area contributed by atoms with E-state index in [1.807, 2.05) is 19.9 Å². The van der Waals surface area contributed by atoms with E-state index >= 15 is 0 Å². The molecular weight excluding hydrogens is 252 g/mol. The van der Waals surface area contributed by atoms with Crippen molar-refractivity contribution in [2.45, 2.75) is 52.0 Å². The zero-order valence-corrected chi connectivity index (χ0v) is 12.5. The second kappa shape index (κ2) is 5.27. The lowest BCUT2D eigenvalue weighted by atomic mass is 9.86. The van der Waals surface area contributed by atoms with Crippen LogP contribution in [0.4, 0.5) is 5.69 Å². The van der Waals surface area contributed by atoms with Crippen molar-refractivity contribution >= 4 is 17.5 Å². The molecule has 0 fully saturated rings. The van der Waals surface area contributed by atoms with Gasteiger partial charge in [-0.2, -0.15) is 0 Å². The molecule has 20 heavy (non-hydrogen) atoms. The maximum absolute atomic E-state index is 12.2. The third-order valence-electron chi connectivity index (χ3n) is 4.09. The number of hydrogen-bond acceptors (Lipinski definition) is 2. The predicted molar refractivity (Wildman–Crippen MR) is 79.9 cm³/mol. The van der Waals surface area contributed by atoms with Crippen LogP contribution in [-0.2, 0) is 10.2 Å². The highest BCUT2D eigenvalue weighted by Crippen LogP contribution is 2.37. The van der Waals surface area contributed by atoms with Gasteiger partial charge in [0.1, 0.15) is 0 Å². The van der Waals surface area contributed by atoms with Crippen LogP contribution in [0.2, 0.25) is 0 Å². The predicted octanol–water partition coefficient (Wildman–Crippen LogP) is 2.83. The van der Waals surface area contributed by atoms with Crippen LogP contribution in [0.1, 0.15) is 56.5 Å². The number of benzene rings is 1. The molecule has 1 heterocycles. The number of hydrogen-bond donors (Lipinski definition) is 2. The highest BCUT2D eigenvalue weighted by Gasteiger charge is 2.38. The molecule has 4 nitrogen and oxygen atoms in total. The van der Waals surface area contributed by atoms with E-state index in [0.717, 1.165) is 24.1 Å². The van der Waals surface area contributed by atoms with E-state index in [-0.39, 0.29) is 17.9 Å². The van der Waals surface area contributed by atoms with Gasteiger partial charge in [-0.15, -0.1) is 0 Å². The van der Waals surface area contributed by atoms with Gasteiger partial charge in [0.2, 0.25) is 5.91 Å². The van der Waals surface area contributed by atoms with Crippen LogP contribution in [-0.4, -0.2) is 17.9 Å². The number of nitrogens with one attached hydrogen (secondary N) is 2. The van der Waals surface area contributed by atoms with E-state index in [1.165, 1.54) is 0 Å². The van der Waals surface area contributed by atoms with Crippen LogP contribution in [0, 0.1) is 0 Å². The summed E-state index contributed by atoms with van der Waals surface area (Å²) in [6.45, 7) is 7.88. The Labute approximate surface area is 119 Å². The fourth-order valence-corrected chi connectivity index (χ4v) is 2.50. The molecule has 2 amide bonds. The molecule has 0 unspecified atom stereocenters. The van der Waals surface area contributed by atoms with Gasteiger partial charge in [0, 0.05) is 17.3 Å². The Morgan fingerprint density at radius 2 is 1.95 bits per heavy atom. The van der Waals surface area contributed by atoms with Gasteiger partial charge < -0.3 is 10.6 Å². The lowest BCUT2D eigenvalue weighted by molar-refractivity contribution is -0.119. The molecular formula is C16H22N2O2. The van der Waals surface area contributed by atoms with E-state index in [4.69, 9.17) is 0 Å². The topological polar surface area (TPSA) is 58.2 Å². The molecule has 1 aliphatic heterocycles. The third kappa shape index (κ3) is 2.42. The van der Waals surface area contributed by atoms with Gasteiger partial charge in [-0.25, -0.2) is 0 Å². The van der Waals surface area contributed by atoms with E-state index in [9.17, 15) is 9.59 Å². The summed E-state index contributed by atoms with van der Waals surface area (Å²) in [5, 5.41) is 5.85. The minimum absolute atomic E-state index is 0.0231.